The first-order valence-electron chi connectivity index (χ1n) is 9.78. The largest absolute Gasteiger partial charge is 0.451 e. The van der Waals surface area contributed by atoms with Gasteiger partial charge in [0.25, 0.3) is 5.91 Å². The highest BCUT2D eigenvalue weighted by Crippen LogP contribution is 2.23. The molecule has 4 rings (SSSR count). The van der Waals surface area contributed by atoms with Gasteiger partial charge in [0.15, 0.2) is 5.76 Å². The van der Waals surface area contributed by atoms with Crippen molar-refractivity contribution >= 4 is 12.0 Å². The molecule has 1 saturated heterocycles. The summed E-state index contributed by atoms with van der Waals surface area (Å²) in [6, 6.07) is 19.7. The van der Waals surface area contributed by atoms with E-state index >= 15 is 0 Å². The Morgan fingerprint density at radius 1 is 0.931 bits per heavy atom. The predicted molar refractivity (Wildman–Crippen MR) is 112 cm³/mol. The lowest BCUT2D eigenvalue weighted by Crippen LogP contribution is -2.48. The van der Waals surface area contributed by atoms with Crippen LogP contribution in [0.4, 0.5) is 4.39 Å². The van der Waals surface area contributed by atoms with E-state index in [1.54, 1.807) is 24.3 Å². The molecule has 148 valence electrons. The van der Waals surface area contributed by atoms with Gasteiger partial charge in [-0.3, -0.25) is 9.69 Å². The summed E-state index contributed by atoms with van der Waals surface area (Å²) in [4.78, 5) is 16.9. The minimum atomic E-state index is -0.298. The standard InChI is InChI=1S/C24H23FN2O2/c25-21-10-8-20(9-11-21)22-12-13-23(29-22)24(28)27-17-15-26(16-18-27)14-4-7-19-5-2-1-3-6-19/h1-13H,14-18H2/b7-4+. The van der Waals surface area contributed by atoms with E-state index < -0.39 is 0 Å². The predicted octanol–water partition coefficient (Wildman–Crippen LogP) is 4.56. The number of carbonyl (C=O) groups excluding carboxylic acids is 1. The Morgan fingerprint density at radius 3 is 2.38 bits per heavy atom. The molecule has 3 aromatic rings. The van der Waals surface area contributed by atoms with Crippen LogP contribution in [-0.2, 0) is 0 Å². The first-order chi connectivity index (χ1) is 14.2. The van der Waals surface area contributed by atoms with E-state index in [4.69, 9.17) is 4.42 Å². The number of halogens is 1. The molecule has 1 aromatic heterocycles. The van der Waals surface area contributed by atoms with Gasteiger partial charge < -0.3 is 9.32 Å². The van der Waals surface area contributed by atoms with Crippen LogP contribution in [-0.4, -0.2) is 48.4 Å². The highest BCUT2D eigenvalue weighted by molar-refractivity contribution is 5.92. The molecule has 1 aliphatic rings. The molecule has 0 spiro atoms. The number of rotatable bonds is 5. The van der Waals surface area contributed by atoms with Gasteiger partial charge in [-0.2, -0.15) is 0 Å². The topological polar surface area (TPSA) is 36.7 Å². The van der Waals surface area contributed by atoms with Gasteiger partial charge in [0.05, 0.1) is 0 Å². The Bertz CT molecular complexity index is 972. The van der Waals surface area contributed by atoms with Crippen LogP contribution in [0.3, 0.4) is 0 Å². The Hall–Kier alpha value is -3.18. The quantitative estimate of drug-likeness (QED) is 0.641. The number of nitrogens with zero attached hydrogens (tertiary/aromatic N) is 2. The van der Waals surface area contributed by atoms with Crippen LogP contribution < -0.4 is 0 Å². The maximum absolute atomic E-state index is 13.1. The average Bonchev–Trinajstić information content (AvgIpc) is 3.25. The van der Waals surface area contributed by atoms with Gasteiger partial charge in [-0.1, -0.05) is 42.5 Å². The fourth-order valence-corrected chi connectivity index (χ4v) is 3.41. The molecule has 0 N–H and O–H groups in total. The van der Waals surface area contributed by atoms with E-state index in [0.717, 1.165) is 25.2 Å². The molecular formula is C24H23FN2O2. The van der Waals surface area contributed by atoms with Gasteiger partial charge in [-0.05, 0) is 42.0 Å². The average molecular weight is 390 g/mol. The van der Waals surface area contributed by atoms with Gasteiger partial charge >= 0.3 is 0 Å². The third-order valence-electron chi connectivity index (χ3n) is 5.08. The summed E-state index contributed by atoms with van der Waals surface area (Å²) in [7, 11) is 0. The fourth-order valence-electron chi connectivity index (χ4n) is 3.41. The lowest BCUT2D eigenvalue weighted by molar-refractivity contribution is 0.0620. The van der Waals surface area contributed by atoms with E-state index in [1.807, 2.05) is 23.1 Å². The lowest BCUT2D eigenvalue weighted by atomic mass is 10.2. The van der Waals surface area contributed by atoms with Crippen LogP contribution in [0, 0.1) is 5.82 Å². The van der Waals surface area contributed by atoms with Crippen LogP contribution in [0.2, 0.25) is 0 Å². The molecular weight excluding hydrogens is 367 g/mol. The zero-order chi connectivity index (χ0) is 20.1. The van der Waals surface area contributed by atoms with E-state index in [0.29, 0.717) is 24.6 Å². The van der Waals surface area contributed by atoms with Crippen molar-refractivity contribution in [1.82, 2.24) is 9.80 Å². The Balaban J connectivity index is 1.30. The van der Waals surface area contributed by atoms with Crippen LogP contribution >= 0.6 is 0 Å². The summed E-state index contributed by atoms with van der Waals surface area (Å²) in [5.74, 6) is 0.491. The monoisotopic (exact) mass is 390 g/mol. The van der Waals surface area contributed by atoms with Gasteiger partial charge in [-0.15, -0.1) is 0 Å². The second-order valence-electron chi connectivity index (χ2n) is 7.08. The van der Waals surface area contributed by atoms with Crippen molar-refractivity contribution in [1.29, 1.82) is 0 Å². The summed E-state index contributed by atoms with van der Waals surface area (Å²) in [6.07, 6.45) is 4.28. The molecule has 0 radical (unpaired) electrons. The number of hydrogen-bond donors (Lipinski definition) is 0. The van der Waals surface area contributed by atoms with E-state index in [1.165, 1.54) is 17.7 Å². The molecule has 0 aliphatic carbocycles. The SMILES string of the molecule is O=C(c1ccc(-c2ccc(F)cc2)o1)N1CCN(C/C=C/c2ccccc2)CC1. The number of hydrogen-bond acceptors (Lipinski definition) is 3. The molecule has 5 heteroatoms. The van der Waals surface area contributed by atoms with Crippen molar-refractivity contribution < 1.29 is 13.6 Å². The minimum absolute atomic E-state index is 0.0992. The molecule has 0 saturated carbocycles. The molecule has 2 heterocycles. The number of amides is 1. The van der Waals surface area contributed by atoms with Gasteiger partial charge in [0, 0.05) is 38.3 Å². The van der Waals surface area contributed by atoms with Crippen LogP contribution in [0.25, 0.3) is 17.4 Å². The Kier molecular flexibility index (Phi) is 5.86. The molecule has 1 aliphatic heterocycles. The molecule has 0 bridgehead atoms. The highest BCUT2D eigenvalue weighted by Gasteiger charge is 2.24. The molecule has 29 heavy (non-hydrogen) atoms. The van der Waals surface area contributed by atoms with Gasteiger partial charge in [0.1, 0.15) is 11.6 Å². The van der Waals surface area contributed by atoms with Crippen molar-refractivity contribution in [3.8, 4) is 11.3 Å². The summed E-state index contributed by atoms with van der Waals surface area (Å²) < 4.78 is 18.8. The Labute approximate surface area is 169 Å². The zero-order valence-electron chi connectivity index (χ0n) is 16.1. The third kappa shape index (κ3) is 4.81. The Morgan fingerprint density at radius 2 is 1.66 bits per heavy atom. The van der Waals surface area contributed by atoms with Crippen molar-refractivity contribution in [3.63, 3.8) is 0 Å². The minimum Gasteiger partial charge on any atom is -0.451 e. The molecule has 0 atom stereocenters. The first kappa shape index (κ1) is 19.2. The number of furan rings is 1. The van der Waals surface area contributed by atoms with E-state index in [-0.39, 0.29) is 11.7 Å². The molecule has 2 aromatic carbocycles. The maximum atomic E-state index is 13.1. The smallest absolute Gasteiger partial charge is 0.289 e. The van der Waals surface area contributed by atoms with Gasteiger partial charge in [0.2, 0.25) is 0 Å². The normalized spacial score (nSPS) is 15.1. The molecule has 4 nitrogen and oxygen atoms in total. The molecule has 1 fully saturated rings. The second kappa shape index (κ2) is 8.88. The lowest BCUT2D eigenvalue weighted by Gasteiger charge is -2.33. The van der Waals surface area contributed by atoms with Gasteiger partial charge in [-0.25, -0.2) is 4.39 Å². The van der Waals surface area contributed by atoms with Crippen LogP contribution in [0.1, 0.15) is 16.1 Å². The van der Waals surface area contributed by atoms with Crippen molar-refractivity contribution in [3.05, 3.63) is 89.9 Å². The molecule has 1 amide bonds. The van der Waals surface area contributed by atoms with Crippen LogP contribution in [0.5, 0.6) is 0 Å². The summed E-state index contributed by atoms with van der Waals surface area (Å²) in [5, 5.41) is 0. The first-order valence-corrected chi connectivity index (χ1v) is 9.78. The number of carbonyl (C=O) groups is 1. The number of piperazine rings is 1. The summed E-state index contributed by atoms with van der Waals surface area (Å²) >= 11 is 0. The fraction of sp³-hybridized carbons (Fsp3) is 0.208. The third-order valence-corrected chi connectivity index (χ3v) is 5.08. The number of benzene rings is 2. The van der Waals surface area contributed by atoms with Crippen molar-refractivity contribution in [2.75, 3.05) is 32.7 Å². The van der Waals surface area contributed by atoms with E-state index in [9.17, 15) is 9.18 Å². The summed E-state index contributed by atoms with van der Waals surface area (Å²) in [6.45, 7) is 3.87. The zero-order valence-corrected chi connectivity index (χ0v) is 16.1. The second-order valence-corrected chi connectivity index (χ2v) is 7.08. The molecule has 0 unspecified atom stereocenters. The maximum Gasteiger partial charge on any atom is 0.289 e. The van der Waals surface area contributed by atoms with Crippen molar-refractivity contribution in [2.24, 2.45) is 0 Å². The highest BCUT2D eigenvalue weighted by atomic mass is 19.1. The van der Waals surface area contributed by atoms with E-state index in [2.05, 4.69) is 29.2 Å². The van der Waals surface area contributed by atoms with Crippen molar-refractivity contribution in [2.45, 2.75) is 0 Å². The summed E-state index contributed by atoms with van der Waals surface area (Å²) in [5.41, 5.74) is 1.94. The van der Waals surface area contributed by atoms with Crippen LogP contribution in [0.15, 0.2) is 77.2 Å².